The Balaban J connectivity index is 1.68. The average Bonchev–Trinajstić information content (AvgIpc) is 2.93. The number of likely N-dealkylation sites (tertiary alicyclic amines) is 1. The Kier molecular flexibility index (Phi) is 5.46. The van der Waals surface area contributed by atoms with Gasteiger partial charge in [0.2, 0.25) is 5.82 Å². The molecule has 2 aromatic heterocycles. The molecule has 3 aromatic rings. The molecular weight excluding hydrogens is 368 g/mol. The molecule has 0 radical (unpaired) electrons. The van der Waals surface area contributed by atoms with Gasteiger partial charge in [-0.05, 0) is 37.1 Å². The number of para-hydroxylation sites is 2. The number of nitrogens with zero attached hydrogens (tertiary/aromatic N) is 3. The van der Waals surface area contributed by atoms with Crippen molar-refractivity contribution in [3.63, 3.8) is 0 Å². The van der Waals surface area contributed by atoms with Crippen LogP contribution in [0.15, 0.2) is 48.7 Å². The largest absolute Gasteiger partial charge is 0.495 e. The van der Waals surface area contributed by atoms with Gasteiger partial charge in [0, 0.05) is 19.3 Å². The van der Waals surface area contributed by atoms with Gasteiger partial charge in [0.1, 0.15) is 5.75 Å². The average molecular weight is 392 g/mol. The molecule has 29 heavy (non-hydrogen) atoms. The van der Waals surface area contributed by atoms with Crippen molar-refractivity contribution in [3.8, 4) is 5.75 Å². The van der Waals surface area contributed by atoms with E-state index in [1.807, 2.05) is 29.2 Å². The van der Waals surface area contributed by atoms with Gasteiger partial charge in [-0.25, -0.2) is 4.98 Å². The standard InChI is InChI=1S/C22H24N4O3/c1-29-18-12-5-4-10-16(18)23-21(27)19-17-11-6-9-15-26(17)20(24-19)22(28)25-13-7-2-3-8-14-25/h4-6,9-12,15H,2-3,7-8,13-14H2,1H3,(H,23,27). The van der Waals surface area contributed by atoms with Gasteiger partial charge in [0.25, 0.3) is 11.8 Å². The van der Waals surface area contributed by atoms with Gasteiger partial charge in [-0.15, -0.1) is 0 Å². The zero-order valence-corrected chi connectivity index (χ0v) is 16.4. The molecule has 0 bridgehead atoms. The van der Waals surface area contributed by atoms with Gasteiger partial charge in [0.05, 0.1) is 18.3 Å². The maximum absolute atomic E-state index is 13.2. The number of rotatable bonds is 4. The van der Waals surface area contributed by atoms with Crippen LogP contribution in [-0.2, 0) is 0 Å². The highest BCUT2D eigenvalue weighted by molar-refractivity contribution is 6.09. The molecule has 150 valence electrons. The molecule has 1 aromatic carbocycles. The van der Waals surface area contributed by atoms with E-state index in [1.165, 1.54) is 0 Å². The Morgan fingerprint density at radius 1 is 1.00 bits per heavy atom. The van der Waals surface area contributed by atoms with E-state index in [2.05, 4.69) is 10.3 Å². The number of benzene rings is 1. The number of imidazole rings is 1. The van der Waals surface area contributed by atoms with Crippen LogP contribution in [0.1, 0.15) is 46.8 Å². The second-order valence-electron chi connectivity index (χ2n) is 7.10. The van der Waals surface area contributed by atoms with E-state index in [0.717, 1.165) is 38.8 Å². The molecule has 7 heteroatoms. The van der Waals surface area contributed by atoms with Crippen molar-refractivity contribution in [1.29, 1.82) is 0 Å². The number of pyridine rings is 1. The third-order valence-corrected chi connectivity index (χ3v) is 5.20. The van der Waals surface area contributed by atoms with E-state index in [4.69, 9.17) is 4.74 Å². The first-order valence-corrected chi connectivity index (χ1v) is 9.90. The van der Waals surface area contributed by atoms with Crippen LogP contribution in [0.4, 0.5) is 5.69 Å². The minimum absolute atomic E-state index is 0.135. The summed E-state index contributed by atoms with van der Waals surface area (Å²) in [6.45, 7) is 1.45. The van der Waals surface area contributed by atoms with E-state index in [0.29, 0.717) is 17.0 Å². The molecule has 1 fully saturated rings. The van der Waals surface area contributed by atoms with Crippen LogP contribution in [0.3, 0.4) is 0 Å². The topological polar surface area (TPSA) is 75.9 Å². The van der Waals surface area contributed by atoms with Crippen LogP contribution in [0.25, 0.3) is 5.52 Å². The predicted molar refractivity (Wildman–Crippen MR) is 111 cm³/mol. The molecule has 7 nitrogen and oxygen atoms in total. The fourth-order valence-corrected chi connectivity index (χ4v) is 3.70. The summed E-state index contributed by atoms with van der Waals surface area (Å²) in [6.07, 6.45) is 6.04. The third-order valence-electron chi connectivity index (χ3n) is 5.20. The zero-order chi connectivity index (χ0) is 20.2. The number of anilines is 1. The number of aromatic nitrogens is 2. The van der Waals surface area contributed by atoms with Gasteiger partial charge >= 0.3 is 0 Å². The number of nitrogens with one attached hydrogen (secondary N) is 1. The smallest absolute Gasteiger partial charge is 0.290 e. The summed E-state index contributed by atoms with van der Waals surface area (Å²) in [5.74, 6) is 0.315. The molecule has 1 aliphatic heterocycles. The van der Waals surface area contributed by atoms with Crippen molar-refractivity contribution >= 4 is 23.0 Å². The first kappa shape index (κ1) is 19.0. The summed E-state index contributed by atoms with van der Waals surface area (Å²) in [4.78, 5) is 32.5. The summed E-state index contributed by atoms with van der Waals surface area (Å²) in [7, 11) is 1.55. The lowest BCUT2D eigenvalue weighted by molar-refractivity contribution is 0.0748. The summed E-state index contributed by atoms with van der Waals surface area (Å²) >= 11 is 0. The highest BCUT2D eigenvalue weighted by atomic mass is 16.5. The lowest BCUT2D eigenvalue weighted by Crippen LogP contribution is -2.33. The maximum Gasteiger partial charge on any atom is 0.290 e. The zero-order valence-electron chi connectivity index (χ0n) is 16.4. The Morgan fingerprint density at radius 2 is 1.72 bits per heavy atom. The number of carbonyl (C=O) groups excluding carboxylic acids is 2. The summed E-state index contributed by atoms with van der Waals surface area (Å²) in [5, 5.41) is 2.85. The minimum atomic E-state index is -0.381. The fraction of sp³-hybridized carbons (Fsp3) is 0.318. The molecule has 4 rings (SSSR count). The Hall–Kier alpha value is -3.35. The number of fused-ring (bicyclic) bond motifs is 1. The van der Waals surface area contributed by atoms with E-state index in [9.17, 15) is 9.59 Å². The Labute approximate surface area is 169 Å². The quantitative estimate of drug-likeness (QED) is 0.736. The SMILES string of the molecule is COc1ccccc1NC(=O)c1nc(C(=O)N2CCCCCC2)n2ccccc12. The second-order valence-corrected chi connectivity index (χ2v) is 7.10. The van der Waals surface area contributed by atoms with Crippen molar-refractivity contribution < 1.29 is 14.3 Å². The lowest BCUT2D eigenvalue weighted by atomic mass is 10.2. The monoisotopic (exact) mass is 392 g/mol. The fourth-order valence-electron chi connectivity index (χ4n) is 3.70. The van der Waals surface area contributed by atoms with Crippen molar-refractivity contribution in [1.82, 2.24) is 14.3 Å². The molecular formula is C22H24N4O3. The number of amides is 2. The molecule has 1 saturated heterocycles. The first-order valence-electron chi connectivity index (χ1n) is 9.90. The molecule has 1 aliphatic rings. The number of hydrogen-bond donors (Lipinski definition) is 1. The lowest BCUT2D eigenvalue weighted by Gasteiger charge is -2.19. The van der Waals surface area contributed by atoms with E-state index < -0.39 is 0 Å². The van der Waals surface area contributed by atoms with Crippen LogP contribution >= 0.6 is 0 Å². The molecule has 3 heterocycles. The van der Waals surface area contributed by atoms with E-state index in [1.54, 1.807) is 35.9 Å². The van der Waals surface area contributed by atoms with Crippen molar-refractivity contribution in [3.05, 3.63) is 60.2 Å². The number of methoxy groups -OCH3 is 1. The van der Waals surface area contributed by atoms with Gasteiger partial charge in [0.15, 0.2) is 5.69 Å². The Morgan fingerprint density at radius 3 is 2.48 bits per heavy atom. The molecule has 0 aliphatic carbocycles. The van der Waals surface area contributed by atoms with Crippen LogP contribution in [-0.4, -0.2) is 46.3 Å². The van der Waals surface area contributed by atoms with Crippen molar-refractivity contribution in [2.75, 3.05) is 25.5 Å². The molecule has 0 unspecified atom stereocenters. The van der Waals surface area contributed by atoms with Crippen LogP contribution < -0.4 is 10.1 Å². The van der Waals surface area contributed by atoms with E-state index >= 15 is 0 Å². The van der Waals surface area contributed by atoms with Gasteiger partial charge in [-0.1, -0.05) is 31.0 Å². The summed E-state index contributed by atoms with van der Waals surface area (Å²) in [6, 6.07) is 12.6. The predicted octanol–water partition coefficient (Wildman–Crippen LogP) is 3.61. The highest BCUT2D eigenvalue weighted by Crippen LogP contribution is 2.25. The Bertz CT molecular complexity index is 1040. The third kappa shape index (κ3) is 3.81. The summed E-state index contributed by atoms with van der Waals surface area (Å²) in [5.41, 5.74) is 1.37. The van der Waals surface area contributed by atoms with Crippen LogP contribution in [0, 0.1) is 0 Å². The first-order chi connectivity index (χ1) is 14.2. The normalized spacial score (nSPS) is 14.4. The molecule has 2 amide bonds. The minimum Gasteiger partial charge on any atom is -0.495 e. The van der Waals surface area contributed by atoms with Crippen LogP contribution in [0.5, 0.6) is 5.75 Å². The molecule has 0 saturated carbocycles. The number of ether oxygens (including phenoxy) is 1. The van der Waals surface area contributed by atoms with Gasteiger partial charge < -0.3 is 15.0 Å². The summed E-state index contributed by atoms with van der Waals surface area (Å²) < 4.78 is 7.00. The molecule has 0 spiro atoms. The highest BCUT2D eigenvalue weighted by Gasteiger charge is 2.26. The van der Waals surface area contributed by atoms with Crippen LogP contribution in [0.2, 0.25) is 0 Å². The second kappa shape index (κ2) is 8.34. The van der Waals surface area contributed by atoms with Gasteiger partial charge in [-0.3, -0.25) is 14.0 Å². The molecule has 1 N–H and O–H groups in total. The molecule has 0 atom stereocenters. The number of hydrogen-bond acceptors (Lipinski definition) is 4. The van der Waals surface area contributed by atoms with Gasteiger partial charge in [-0.2, -0.15) is 0 Å². The maximum atomic E-state index is 13.2. The van der Waals surface area contributed by atoms with E-state index in [-0.39, 0.29) is 23.3 Å². The number of carbonyl (C=O) groups is 2. The van der Waals surface area contributed by atoms with Crippen molar-refractivity contribution in [2.24, 2.45) is 0 Å². The van der Waals surface area contributed by atoms with Crippen molar-refractivity contribution in [2.45, 2.75) is 25.7 Å².